The van der Waals surface area contributed by atoms with Crippen LogP contribution in [0.1, 0.15) is 0 Å². The molecule has 5 nitrogen and oxygen atoms in total. The summed E-state index contributed by atoms with van der Waals surface area (Å²) in [4.78, 5) is 14.4. The molecular weight excluding hydrogens is 287 g/mol. The molecule has 0 heterocycles. The van der Waals surface area contributed by atoms with Gasteiger partial charge in [-0.3, -0.25) is 0 Å². The number of hydrogen-bond donors (Lipinski definition) is 2. The summed E-state index contributed by atoms with van der Waals surface area (Å²) in [5, 5.41) is 11.5. The first-order valence-electron chi connectivity index (χ1n) is 6.16. The van der Waals surface area contributed by atoms with Gasteiger partial charge >= 0.3 is 12.2 Å². The van der Waals surface area contributed by atoms with E-state index in [0.717, 1.165) is 10.6 Å². The second-order valence-electron chi connectivity index (χ2n) is 4.78. The smallest absolute Gasteiger partial charge is 0.382 e. The minimum Gasteiger partial charge on any atom is -0.382 e. The molecule has 8 heteroatoms. The monoisotopic (exact) mass is 305 g/mol. The molecular formula is C13H18F3N3O2. The molecule has 0 radical (unpaired) electrons. The lowest BCUT2D eigenvalue weighted by molar-refractivity contribution is -0.205. The van der Waals surface area contributed by atoms with Crippen LogP contribution in [0.15, 0.2) is 24.3 Å². The van der Waals surface area contributed by atoms with E-state index in [0.29, 0.717) is 5.69 Å². The van der Waals surface area contributed by atoms with E-state index in [1.807, 2.05) is 0 Å². The quantitative estimate of drug-likeness (QED) is 0.896. The number of urea groups is 1. The van der Waals surface area contributed by atoms with Crippen molar-refractivity contribution in [1.29, 1.82) is 0 Å². The number of likely N-dealkylation sites (N-methyl/N-ethyl adjacent to an activating group) is 1. The van der Waals surface area contributed by atoms with Gasteiger partial charge in [0.25, 0.3) is 0 Å². The van der Waals surface area contributed by atoms with Crippen molar-refractivity contribution in [2.24, 2.45) is 0 Å². The third-order valence-electron chi connectivity index (χ3n) is 2.80. The zero-order valence-corrected chi connectivity index (χ0v) is 12.0. The van der Waals surface area contributed by atoms with Crippen LogP contribution < -0.4 is 10.2 Å². The van der Waals surface area contributed by atoms with Crippen molar-refractivity contribution in [1.82, 2.24) is 4.90 Å². The van der Waals surface area contributed by atoms with Crippen LogP contribution in [0.4, 0.5) is 29.3 Å². The predicted octanol–water partition coefficient (Wildman–Crippen LogP) is 2.14. The lowest BCUT2D eigenvalue weighted by atomic mass is 10.2. The predicted molar refractivity (Wildman–Crippen MR) is 74.5 cm³/mol. The number of carbonyl (C=O) groups is 1. The summed E-state index contributed by atoms with van der Waals surface area (Å²) in [5.41, 5.74) is 1.19. The maximum atomic E-state index is 12.3. The molecule has 0 aromatic heterocycles. The van der Waals surface area contributed by atoms with Crippen LogP contribution in [0.5, 0.6) is 0 Å². The van der Waals surface area contributed by atoms with Crippen LogP contribution in [0, 0.1) is 0 Å². The second kappa shape index (κ2) is 6.66. The highest BCUT2D eigenvalue weighted by Gasteiger charge is 2.39. The molecule has 2 N–H and O–H groups in total. The fraction of sp³-hybridized carbons (Fsp3) is 0.462. The molecule has 0 saturated heterocycles. The largest absolute Gasteiger partial charge is 0.416 e. The summed E-state index contributed by atoms with van der Waals surface area (Å²) >= 11 is 0. The maximum Gasteiger partial charge on any atom is 0.416 e. The number of anilines is 2. The molecule has 118 valence electrons. The molecule has 0 bridgehead atoms. The van der Waals surface area contributed by atoms with Gasteiger partial charge in [0, 0.05) is 21.1 Å². The molecule has 0 fully saturated rings. The average Bonchev–Trinajstić information content (AvgIpc) is 2.37. The van der Waals surface area contributed by atoms with E-state index >= 15 is 0 Å². The van der Waals surface area contributed by atoms with Crippen LogP contribution in [0.2, 0.25) is 0 Å². The summed E-state index contributed by atoms with van der Waals surface area (Å²) in [7, 11) is 4.74. The van der Waals surface area contributed by atoms with Gasteiger partial charge in [0.15, 0.2) is 6.10 Å². The van der Waals surface area contributed by atoms with Crippen molar-refractivity contribution in [3.63, 3.8) is 0 Å². The van der Waals surface area contributed by atoms with Crippen LogP contribution >= 0.6 is 0 Å². The van der Waals surface area contributed by atoms with E-state index in [9.17, 15) is 18.0 Å². The van der Waals surface area contributed by atoms with Crippen molar-refractivity contribution >= 4 is 17.4 Å². The van der Waals surface area contributed by atoms with Crippen molar-refractivity contribution in [3.8, 4) is 0 Å². The zero-order chi connectivity index (χ0) is 16.2. The lowest BCUT2D eigenvalue weighted by Gasteiger charge is -2.24. The number of benzene rings is 1. The Balaban J connectivity index is 2.73. The molecule has 0 spiro atoms. The van der Waals surface area contributed by atoms with E-state index in [1.165, 1.54) is 7.05 Å². The number of hydrogen-bond acceptors (Lipinski definition) is 3. The van der Waals surface area contributed by atoms with E-state index in [4.69, 9.17) is 5.11 Å². The van der Waals surface area contributed by atoms with Gasteiger partial charge in [-0.15, -0.1) is 0 Å². The van der Waals surface area contributed by atoms with Crippen LogP contribution in [-0.2, 0) is 0 Å². The number of nitrogens with one attached hydrogen (secondary N) is 1. The normalized spacial score (nSPS) is 12.7. The van der Waals surface area contributed by atoms with E-state index in [-0.39, 0.29) is 0 Å². The topological polar surface area (TPSA) is 55.8 Å². The van der Waals surface area contributed by atoms with Gasteiger partial charge in [-0.1, -0.05) is 12.1 Å². The first-order valence-corrected chi connectivity index (χ1v) is 6.16. The molecule has 0 aliphatic heterocycles. The maximum absolute atomic E-state index is 12.3. The Hall–Kier alpha value is -1.96. The number of nitrogens with zero attached hydrogens (tertiary/aromatic N) is 2. The van der Waals surface area contributed by atoms with Gasteiger partial charge in [0.2, 0.25) is 0 Å². The number of aliphatic hydroxyl groups excluding tert-OH is 1. The minimum absolute atomic E-state index is 0.473. The number of para-hydroxylation sites is 2. The fourth-order valence-corrected chi connectivity index (χ4v) is 1.63. The molecule has 1 atom stereocenters. The van der Waals surface area contributed by atoms with Crippen molar-refractivity contribution in [2.45, 2.75) is 12.3 Å². The van der Waals surface area contributed by atoms with Crippen LogP contribution in [0.25, 0.3) is 0 Å². The van der Waals surface area contributed by atoms with E-state index < -0.39 is 24.9 Å². The van der Waals surface area contributed by atoms with Crippen LogP contribution in [0.3, 0.4) is 0 Å². The van der Waals surface area contributed by atoms with Gasteiger partial charge in [-0.2, -0.15) is 13.2 Å². The summed E-state index contributed by atoms with van der Waals surface area (Å²) in [6, 6.07) is 6.16. The summed E-state index contributed by atoms with van der Waals surface area (Å²) < 4.78 is 36.8. The molecule has 0 aliphatic carbocycles. The number of amides is 2. The van der Waals surface area contributed by atoms with Gasteiger partial charge < -0.3 is 20.2 Å². The fourth-order valence-electron chi connectivity index (χ4n) is 1.63. The van der Waals surface area contributed by atoms with Gasteiger partial charge in [-0.05, 0) is 12.1 Å². The summed E-state index contributed by atoms with van der Waals surface area (Å²) in [6.07, 6.45) is -7.33. The third-order valence-corrected chi connectivity index (χ3v) is 2.80. The van der Waals surface area contributed by atoms with Gasteiger partial charge in [0.05, 0.1) is 17.9 Å². The summed E-state index contributed by atoms with van der Waals surface area (Å²) in [6.45, 7) is -0.834. The SMILES string of the molecule is CN(CC(O)C(F)(F)F)C(=O)Nc1ccccc1N(C)C. The van der Waals surface area contributed by atoms with Crippen LogP contribution in [-0.4, -0.2) is 56.0 Å². The lowest BCUT2D eigenvalue weighted by Crippen LogP contribution is -2.43. The standard InChI is InChI=1S/C13H18F3N3O2/c1-18(2)10-7-5-4-6-9(10)17-12(21)19(3)8-11(20)13(14,15)16/h4-7,11,20H,8H2,1-3H3,(H,17,21). The first-order chi connectivity index (χ1) is 9.62. The number of rotatable bonds is 4. The Morgan fingerprint density at radius 2 is 1.86 bits per heavy atom. The highest BCUT2D eigenvalue weighted by Crippen LogP contribution is 2.24. The van der Waals surface area contributed by atoms with Crippen molar-refractivity contribution in [2.75, 3.05) is 37.9 Å². The highest BCUT2D eigenvalue weighted by atomic mass is 19.4. The highest BCUT2D eigenvalue weighted by molar-refractivity contribution is 5.93. The first kappa shape index (κ1) is 17.1. The zero-order valence-electron chi connectivity index (χ0n) is 12.0. The number of halogens is 3. The molecule has 0 saturated carbocycles. The van der Waals surface area contributed by atoms with Crippen molar-refractivity contribution in [3.05, 3.63) is 24.3 Å². The molecule has 1 aromatic rings. The van der Waals surface area contributed by atoms with E-state index in [1.54, 1.807) is 43.3 Å². The Morgan fingerprint density at radius 3 is 2.38 bits per heavy atom. The molecule has 0 aliphatic rings. The van der Waals surface area contributed by atoms with Crippen molar-refractivity contribution < 1.29 is 23.1 Å². The molecule has 1 rings (SSSR count). The van der Waals surface area contributed by atoms with E-state index in [2.05, 4.69) is 5.32 Å². The molecule has 21 heavy (non-hydrogen) atoms. The Bertz CT molecular complexity index is 492. The summed E-state index contributed by atoms with van der Waals surface area (Å²) in [5.74, 6) is 0. The van der Waals surface area contributed by atoms with Gasteiger partial charge in [-0.25, -0.2) is 4.79 Å². The third kappa shape index (κ3) is 4.82. The number of aliphatic hydroxyl groups is 1. The van der Waals surface area contributed by atoms with Gasteiger partial charge in [0.1, 0.15) is 0 Å². The Morgan fingerprint density at radius 1 is 1.29 bits per heavy atom. The molecule has 1 aromatic carbocycles. The Labute approximate surface area is 121 Å². The average molecular weight is 305 g/mol. The number of carbonyl (C=O) groups excluding carboxylic acids is 1. The Kier molecular flexibility index (Phi) is 5.42. The minimum atomic E-state index is -4.75. The molecule has 1 unspecified atom stereocenters. The molecule has 2 amide bonds. The second-order valence-corrected chi connectivity index (χ2v) is 4.78. The number of alkyl halides is 3.